The van der Waals surface area contributed by atoms with E-state index in [-0.39, 0.29) is 29.7 Å². The van der Waals surface area contributed by atoms with Crippen molar-refractivity contribution in [1.29, 1.82) is 10.5 Å². The number of aryl methyl sites for hydroxylation is 2. The summed E-state index contributed by atoms with van der Waals surface area (Å²) in [5.41, 5.74) is 13.5. The summed E-state index contributed by atoms with van der Waals surface area (Å²) < 4.78 is 5.41. The lowest BCUT2D eigenvalue weighted by molar-refractivity contribution is 0.0874. The van der Waals surface area contributed by atoms with Crippen LogP contribution in [0.4, 0.5) is 23.7 Å². The van der Waals surface area contributed by atoms with Gasteiger partial charge in [0.25, 0.3) is 0 Å². The number of nitriles is 2. The summed E-state index contributed by atoms with van der Waals surface area (Å²) in [7, 11) is 0. The van der Waals surface area contributed by atoms with E-state index in [4.69, 9.17) is 26.9 Å². The quantitative estimate of drug-likeness (QED) is 0.0909. The van der Waals surface area contributed by atoms with Crippen LogP contribution >= 0.6 is 22.9 Å². The minimum Gasteiger partial charge on any atom is -0.379 e. The molecule has 3 unspecified atom stereocenters. The van der Waals surface area contributed by atoms with Crippen LogP contribution < -0.4 is 20.4 Å². The van der Waals surface area contributed by atoms with Crippen LogP contribution in [0.3, 0.4) is 0 Å². The Morgan fingerprint density at radius 3 is 1.43 bits per heavy atom. The molecule has 1 saturated carbocycles. The Kier molecular flexibility index (Phi) is 49.4. The normalized spacial score (nSPS) is 14.8. The largest absolute Gasteiger partial charge is 0.379 e. The van der Waals surface area contributed by atoms with Crippen molar-refractivity contribution < 1.29 is 4.74 Å². The van der Waals surface area contributed by atoms with Crippen molar-refractivity contribution in [2.75, 3.05) is 59.8 Å². The first kappa shape index (κ1) is 106. The molecular weight excluding hydrogens is 1530 g/mol. The number of hydrogen-bond acceptors (Lipinski definition) is 23. The van der Waals surface area contributed by atoms with Crippen LogP contribution in [0.25, 0.3) is 10.6 Å². The summed E-state index contributed by atoms with van der Waals surface area (Å²) >= 11 is 7.64. The molecule has 2 N–H and O–H groups in total. The molecule has 0 amide bonds. The third-order valence-corrected chi connectivity index (χ3v) is 20.1. The number of rotatable bonds is 16. The fraction of sp³-hybridized carbons (Fsp3) is 0.531. The Morgan fingerprint density at radius 1 is 0.467 bits per heavy atom. The molecule has 652 valence electrons. The third kappa shape index (κ3) is 38.2. The molecule has 1 aliphatic carbocycles. The predicted octanol–water partition coefficient (Wildman–Crippen LogP) is 24.4. The molecule has 10 aromatic heterocycles. The topological polar surface area (TPSA) is 281 Å². The minimum absolute atomic E-state index is 0. The molecule has 3 atom stereocenters. The van der Waals surface area contributed by atoms with Gasteiger partial charge in [-0.3, -0.25) is 15.0 Å². The van der Waals surface area contributed by atoms with Gasteiger partial charge in [0.15, 0.2) is 0 Å². The Balaban J connectivity index is 0.000000458. The average Bonchev–Trinajstić information content (AvgIpc) is 1.81. The number of pyridine rings is 4. The van der Waals surface area contributed by atoms with Gasteiger partial charge in [-0.05, 0) is 183 Å². The van der Waals surface area contributed by atoms with Crippen molar-refractivity contribution in [3.63, 3.8) is 0 Å². The maximum absolute atomic E-state index is 9.16. The van der Waals surface area contributed by atoms with Crippen molar-refractivity contribution in [2.45, 2.75) is 286 Å². The van der Waals surface area contributed by atoms with E-state index in [0.29, 0.717) is 82.4 Å². The van der Waals surface area contributed by atoms with E-state index in [0.717, 1.165) is 149 Å². The van der Waals surface area contributed by atoms with Crippen molar-refractivity contribution in [1.82, 2.24) is 74.8 Å². The lowest BCUT2D eigenvalue weighted by Gasteiger charge is -2.23. The zero-order valence-corrected chi connectivity index (χ0v) is 74.5. The number of nitrogens with zero attached hydrogens (tertiary/aromatic N) is 19. The second kappa shape index (κ2) is 55.8. The van der Waals surface area contributed by atoms with Crippen molar-refractivity contribution in [3.05, 3.63) is 219 Å². The number of thiazole rings is 1. The maximum atomic E-state index is 9.16. The van der Waals surface area contributed by atoms with Crippen LogP contribution in [0, 0.1) is 48.3 Å². The van der Waals surface area contributed by atoms with E-state index >= 15 is 0 Å². The van der Waals surface area contributed by atoms with Gasteiger partial charge in [-0.1, -0.05) is 186 Å². The van der Waals surface area contributed by atoms with Gasteiger partial charge in [0, 0.05) is 152 Å². The minimum atomic E-state index is 0. The van der Waals surface area contributed by atoms with Crippen LogP contribution in [0.15, 0.2) is 140 Å². The highest BCUT2D eigenvalue weighted by Gasteiger charge is 2.25. The molecule has 4 fully saturated rings. The Morgan fingerprint density at radius 2 is 0.992 bits per heavy atom. The van der Waals surface area contributed by atoms with Gasteiger partial charge in [-0.25, -0.2) is 59.8 Å². The van der Waals surface area contributed by atoms with E-state index in [1.807, 2.05) is 119 Å². The molecule has 14 rings (SSSR count). The van der Waals surface area contributed by atoms with Gasteiger partial charge in [-0.15, -0.1) is 11.3 Å². The molecule has 13 heterocycles. The van der Waals surface area contributed by atoms with Crippen LogP contribution in [-0.2, 0) is 4.74 Å². The summed E-state index contributed by atoms with van der Waals surface area (Å²) in [5, 5.41) is 28.2. The fourth-order valence-electron chi connectivity index (χ4n) is 11.5. The summed E-state index contributed by atoms with van der Waals surface area (Å²) in [4.78, 5) is 68.6. The van der Waals surface area contributed by atoms with Gasteiger partial charge >= 0.3 is 0 Å². The second-order valence-electron chi connectivity index (χ2n) is 32.7. The number of aromatic nitrogens is 15. The summed E-state index contributed by atoms with van der Waals surface area (Å²) in [6.07, 6.45) is 26.6. The van der Waals surface area contributed by atoms with Crippen molar-refractivity contribution in [3.8, 4) is 22.7 Å². The lowest BCUT2D eigenvalue weighted by atomic mass is 10.1. The highest BCUT2D eigenvalue weighted by atomic mass is 35.5. The standard InChI is InChI=1S/C14H19N3.C12H19N3O.C12H19N3.C11H12N2S.C10H15N3.C9H12ClN.C9H13N.C8H9N3.C7H10N2.4CH4/c1-10(2)13-5-4-12(8-15)14(16-13)17-7-6-11(3)9-17;1-9(2)11-5-6-13-12(15-11)14-10-4-3-7-16-8-10;1-9(2)11-4-6-13-12(14-11)15-7-5-10(3)8-15;1-8(2)10-7-14-11(13-10)9-4-3-5-12-6-9;1-7(2)9-5-6-11-10(13-9)12-8-3-4-8;1-6(2)9-8(10)4-7(3)5-11-9;1-7(2)9-5-4-8(3)6-10-9;1-6(2)8-10-4-7(3-9)5-11-8;1-6(2)7-3-4-8-5-9-7;;;;/h4-5,10-11H,6-7,9H2,1-3H3;5-6,9-10H,3-4,7-8H2,1-2H3,(H,13,14,15);4,6,9-10H,5,7-8H2,1-3H3;3-8H,1-2H3;5-8H,3-4H2,1-2H3,(H,11,12,13);4-6H,1-3H3;4-7H,1-3H3;4-6H,1-2H3;3-6H,1-2H3;4*1H4. The van der Waals surface area contributed by atoms with Crippen LogP contribution in [0.2, 0.25) is 5.02 Å². The van der Waals surface area contributed by atoms with E-state index < -0.39 is 0 Å². The van der Waals surface area contributed by atoms with E-state index in [2.05, 4.69) is 250 Å². The van der Waals surface area contributed by atoms with Crippen molar-refractivity contribution >= 4 is 46.6 Å². The Hall–Kier alpha value is -9.94. The molecule has 10 aromatic rings. The molecule has 0 aromatic carbocycles. The van der Waals surface area contributed by atoms with Gasteiger partial charge in [0.05, 0.1) is 40.2 Å². The van der Waals surface area contributed by atoms with Crippen LogP contribution in [0.1, 0.15) is 334 Å². The zero-order chi connectivity index (χ0) is 84.8. The van der Waals surface area contributed by atoms with Crippen molar-refractivity contribution in [2.24, 2.45) is 11.8 Å². The van der Waals surface area contributed by atoms with E-state index in [1.165, 1.54) is 36.9 Å². The summed E-state index contributed by atoms with van der Waals surface area (Å²) in [6.45, 7) is 52.6. The average molecular weight is 1680 g/mol. The number of ether oxygens (including phenoxy) is 1. The molecule has 3 saturated heterocycles. The first-order valence-corrected chi connectivity index (χ1v) is 42.6. The molecule has 0 spiro atoms. The molecule has 3 aliphatic heterocycles. The molecule has 4 aliphatic rings. The Labute approximate surface area is 731 Å². The second-order valence-corrected chi connectivity index (χ2v) is 34.0. The van der Waals surface area contributed by atoms with Gasteiger partial charge in [-0.2, -0.15) is 10.5 Å². The fourth-order valence-corrected chi connectivity index (χ4v) is 12.9. The molecular formula is C96H144ClN21OS. The number of anilines is 4. The molecule has 22 nitrogen and oxygen atoms in total. The van der Waals surface area contributed by atoms with Gasteiger partial charge in [0.2, 0.25) is 17.8 Å². The maximum Gasteiger partial charge on any atom is 0.225 e. The number of nitrogens with one attached hydrogen (secondary N) is 2. The van der Waals surface area contributed by atoms with Gasteiger partial charge < -0.3 is 25.2 Å². The SMILES string of the molecule is C.C.C.C.CC(C)c1ccnc(NC2CC2)n1.CC(C)c1ccnc(NC2CCCOC2)n1.CC(C)c1ccncn1.CC(C)c1csc(-c2cccnc2)n1.CC(C)c1ncc(C#N)cn1.CC1CCN(c2nc(C(C)C)ccc2C#N)C1.CC1CCN(c2nccc(C(C)C)n2)C1.Cc1ccc(C(C)C)nc1.Cc1cnc(C(C)C)c(Cl)c1. The molecule has 120 heavy (non-hydrogen) atoms. The molecule has 0 radical (unpaired) electrons. The summed E-state index contributed by atoms with van der Waals surface area (Å²) in [6, 6.07) is 27.1. The number of halogens is 1. The van der Waals surface area contributed by atoms with Crippen LogP contribution in [-0.4, -0.2) is 126 Å². The van der Waals surface area contributed by atoms with E-state index in [9.17, 15) is 0 Å². The number of hydrogen-bond donors (Lipinski definition) is 2. The first-order chi connectivity index (χ1) is 55.4. The smallest absolute Gasteiger partial charge is 0.225 e. The highest BCUT2D eigenvalue weighted by molar-refractivity contribution is 7.13. The molecule has 24 heteroatoms. The third-order valence-electron chi connectivity index (χ3n) is 18.9. The Bertz CT molecular complexity index is 4520. The first-order valence-electron chi connectivity index (χ1n) is 41.3. The zero-order valence-electron chi connectivity index (χ0n) is 73.0. The van der Waals surface area contributed by atoms with Crippen LogP contribution in [0.5, 0.6) is 0 Å². The van der Waals surface area contributed by atoms with Gasteiger partial charge in [0.1, 0.15) is 35.1 Å². The van der Waals surface area contributed by atoms with E-state index in [1.54, 1.807) is 42.5 Å². The lowest BCUT2D eigenvalue weighted by Crippen LogP contribution is -2.30. The monoisotopic (exact) mass is 1670 g/mol. The predicted molar refractivity (Wildman–Crippen MR) is 502 cm³/mol. The highest BCUT2D eigenvalue weighted by Crippen LogP contribution is 2.30. The molecule has 0 bridgehead atoms. The summed E-state index contributed by atoms with van der Waals surface area (Å²) in [5.74, 6) is 9.62.